The Morgan fingerprint density at radius 1 is 0.938 bits per heavy atom. The summed E-state index contributed by atoms with van der Waals surface area (Å²) in [5, 5.41) is 5.23. The van der Waals surface area contributed by atoms with Crippen LogP contribution in [0.1, 0.15) is 23.5 Å². The average Bonchev–Trinajstić information content (AvgIpc) is 3.27. The lowest BCUT2D eigenvalue weighted by Crippen LogP contribution is -2.10. The van der Waals surface area contributed by atoms with Gasteiger partial charge in [0.05, 0.1) is 39.5 Å². The Labute approximate surface area is 186 Å². The zero-order chi connectivity index (χ0) is 22.7. The highest BCUT2D eigenvalue weighted by molar-refractivity contribution is 5.84. The van der Waals surface area contributed by atoms with Crippen molar-refractivity contribution in [2.45, 2.75) is 12.3 Å². The minimum atomic E-state index is -0.292. The Kier molecular flexibility index (Phi) is 6.07. The van der Waals surface area contributed by atoms with Crippen LogP contribution in [0.25, 0.3) is 22.0 Å². The molecule has 0 fully saturated rings. The van der Waals surface area contributed by atoms with Crippen LogP contribution >= 0.6 is 0 Å². The summed E-state index contributed by atoms with van der Waals surface area (Å²) in [4.78, 5) is 16.9. The molecule has 0 spiro atoms. The Morgan fingerprint density at radius 3 is 2.31 bits per heavy atom. The third-order valence-electron chi connectivity index (χ3n) is 5.52. The van der Waals surface area contributed by atoms with E-state index in [4.69, 9.17) is 14.2 Å². The highest BCUT2D eigenvalue weighted by atomic mass is 16.5. The third-order valence-corrected chi connectivity index (χ3v) is 5.52. The Balaban J connectivity index is 1.81. The molecule has 1 unspecified atom stereocenters. The van der Waals surface area contributed by atoms with Crippen molar-refractivity contribution in [3.63, 3.8) is 0 Å². The number of rotatable bonds is 7. The quantitative estimate of drug-likeness (QED) is 0.405. The molecular weight excluding hydrogens is 406 g/mol. The number of fused-ring (bicyclic) bond motifs is 1. The molecule has 7 nitrogen and oxygen atoms in total. The number of aromatic nitrogens is 3. The zero-order valence-electron chi connectivity index (χ0n) is 18.5. The second-order valence-corrected chi connectivity index (χ2v) is 7.56. The molecule has 0 saturated carbocycles. The van der Waals surface area contributed by atoms with Crippen LogP contribution in [0, 0.1) is 0 Å². The number of hydrogen-bond acceptors (Lipinski definition) is 6. The van der Waals surface area contributed by atoms with Crippen LogP contribution in [-0.4, -0.2) is 42.1 Å². The number of methoxy groups -OCH3 is 3. The van der Waals surface area contributed by atoms with Crippen LogP contribution < -0.4 is 9.47 Å². The SMILES string of the molecule is COC(=O)CC(c1cc(OC)cc(OC)c1)c1ccc2ncc(-c3cnn(C)c3)cc2c1. The van der Waals surface area contributed by atoms with Crippen LogP contribution in [0.15, 0.2) is 61.1 Å². The summed E-state index contributed by atoms with van der Waals surface area (Å²) >= 11 is 0. The standard InChI is InChI=1S/C25H25N3O4/c1-28-15-20(14-27-28)19-8-18-7-16(5-6-24(18)26-13-19)23(12-25(29)32-4)17-9-21(30-2)11-22(10-17)31-3/h5-11,13-15,23H,12H2,1-4H3. The van der Waals surface area contributed by atoms with Crippen molar-refractivity contribution in [3.8, 4) is 22.6 Å². The van der Waals surface area contributed by atoms with Gasteiger partial charge in [-0.15, -0.1) is 0 Å². The van der Waals surface area contributed by atoms with Crippen LogP contribution in [-0.2, 0) is 16.6 Å². The van der Waals surface area contributed by atoms with E-state index in [1.165, 1.54) is 7.11 Å². The van der Waals surface area contributed by atoms with Crippen molar-refractivity contribution in [3.05, 3.63) is 72.2 Å². The number of pyridine rings is 1. The van der Waals surface area contributed by atoms with E-state index in [1.807, 2.05) is 56.0 Å². The van der Waals surface area contributed by atoms with E-state index in [1.54, 1.807) is 18.9 Å². The van der Waals surface area contributed by atoms with Gasteiger partial charge in [-0.1, -0.05) is 6.07 Å². The van der Waals surface area contributed by atoms with Gasteiger partial charge in [0.15, 0.2) is 0 Å². The number of aryl methyl sites for hydroxylation is 1. The second kappa shape index (κ2) is 9.09. The third kappa shape index (κ3) is 4.42. The lowest BCUT2D eigenvalue weighted by atomic mass is 9.87. The fourth-order valence-electron chi connectivity index (χ4n) is 3.80. The molecule has 2 heterocycles. The van der Waals surface area contributed by atoms with E-state index in [9.17, 15) is 4.79 Å². The Bertz CT molecular complexity index is 1240. The van der Waals surface area contributed by atoms with Crippen molar-refractivity contribution in [2.24, 2.45) is 7.05 Å². The maximum Gasteiger partial charge on any atom is 0.306 e. The lowest BCUT2D eigenvalue weighted by molar-refractivity contribution is -0.140. The molecule has 4 aromatic rings. The molecule has 0 amide bonds. The van der Waals surface area contributed by atoms with Crippen LogP contribution in [0.4, 0.5) is 0 Å². The van der Waals surface area contributed by atoms with Crippen molar-refractivity contribution >= 4 is 16.9 Å². The van der Waals surface area contributed by atoms with Gasteiger partial charge in [-0.05, 0) is 41.5 Å². The van der Waals surface area contributed by atoms with Crippen molar-refractivity contribution < 1.29 is 19.0 Å². The molecule has 1 atom stereocenters. The van der Waals surface area contributed by atoms with Gasteiger partial charge in [0, 0.05) is 47.9 Å². The first-order valence-corrected chi connectivity index (χ1v) is 10.2. The second-order valence-electron chi connectivity index (χ2n) is 7.56. The van der Waals surface area contributed by atoms with Gasteiger partial charge in [-0.25, -0.2) is 0 Å². The van der Waals surface area contributed by atoms with E-state index in [-0.39, 0.29) is 18.3 Å². The number of nitrogens with zero attached hydrogens (tertiary/aromatic N) is 3. The fourth-order valence-corrected chi connectivity index (χ4v) is 3.80. The maximum absolute atomic E-state index is 12.3. The summed E-state index contributed by atoms with van der Waals surface area (Å²) in [5.74, 6) is 0.795. The number of esters is 1. The molecule has 4 rings (SSSR count). The monoisotopic (exact) mass is 431 g/mol. The van der Waals surface area contributed by atoms with Crippen molar-refractivity contribution in [1.29, 1.82) is 0 Å². The molecule has 164 valence electrons. The molecule has 2 aromatic carbocycles. The molecule has 0 bridgehead atoms. The van der Waals surface area contributed by atoms with E-state index >= 15 is 0 Å². The minimum Gasteiger partial charge on any atom is -0.497 e. The Morgan fingerprint density at radius 2 is 1.69 bits per heavy atom. The topological polar surface area (TPSA) is 75.5 Å². The number of hydrogen-bond donors (Lipinski definition) is 0. The summed E-state index contributed by atoms with van der Waals surface area (Å²) < 4.78 is 17.6. The summed E-state index contributed by atoms with van der Waals surface area (Å²) in [7, 11) is 6.50. The van der Waals surface area contributed by atoms with Gasteiger partial charge in [-0.3, -0.25) is 14.5 Å². The van der Waals surface area contributed by atoms with Crippen LogP contribution in [0.2, 0.25) is 0 Å². The highest BCUT2D eigenvalue weighted by Gasteiger charge is 2.21. The van der Waals surface area contributed by atoms with Crippen LogP contribution in [0.5, 0.6) is 11.5 Å². The summed E-state index contributed by atoms with van der Waals surface area (Å²) in [6, 6.07) is 13.8. The molecule has 32 heavy (non-hydrogen) atoms. The van der Waals surface area contributed by atoms with Crippen molar-refractivity contribution in [1.82, 2.24) is 14.8 Å². The Hall–Kier alpha value is -3.87. The first-order valence-electron chi connectivity index (χ1n) is 10.2. The van der Waals surface area contributed by atoms with Gasteiger partial charge in [0.25, 0.3) is 0 Å². The van der Waals surface area contributed by atoms with Gasteiger partial charge in [0.2, 0.25) is 0 Å². The van der Waals surface area contributed by atoms with E-state index in [0.29, 0.717) is 11.5 Å². The first kappa shape index (κ1) is 21.4. The molecular formula is C25H25N3O4. The predicted octanol–water partition coefficient (Wildman–Crippen LogP) is 4.35. The van der Waals surface area contributed by atoms with Gasteiger partial charge in [0.1, 0.15) is 11.5 Å². The number of carbonyl (C=O) groups is 1. The summed E-state index contributed by atoms with van der Waals surface area (Å²) in [6.07, 6.45) is 5.80. The predicted molar refractivity (Wildman–Crippen MR) is 122 cm³/mol. The maximum atomic E-state index is 12.3. The number of benzene rings is 2. The van der Waals surface area contributed by atoms with E-state index in [2.05, 4.69) is 22.2 Å². The molecule has 0 aliphatic heterocycles. The highest BCUT2D eigenvalue weighted by Crippen LogP contribution is 2.35. The lowest BCUT2D eigenvalue weighted by Gasteiger charge is -2.19. The van der Waals surface area contributed by atoms with E-state index in [0.717, 1.165) is 33.2 Å². The number of carbonyl (C=O) groups excluding carboxylic acids is 1. The molecule has 0 radical (unpaired) electrons. The molecule has 0 saturated heterocycles. The van der Waals surface area contributed by atoms with E-state index < -0.39 is 0 Å². The largest absolute Gasteiger partial charge is 0.497 e. The smallest absolute Gasteiger partial charge is 0.306 e. The normalized spacial score (nSPS) is 11.9. The zero-order valence-corrected chi connectivity index (χ0v) is 18.5. The molecule has 2 aromatic heterocycles. The van der Waals surface area contributed by atoms with Gasteiger partial charge in [-0.2, -0.15) is 5.10 Å². The molecule has 0 N–H and O–H groups in total. The molecule has 0 aliphatic rings. The summed E-state index contributed by atoms with van der Waals surface area (Å²) in [6.45, 7) is 0. The van der Waals surface area contributed by atoms with Gasteiger partial charge < -0.3 is 14.2 Å². The molecule has 7 heteroatoms. The average molecular weight is 431 g/mol. The minimum absolute atomic E-state index is 0.189. The summed E-state index contributed by atoms with van der Waals surface area (Å²) in [5.41, 5.74) is 4.73. The van der Waals surface area contributed by atoms with Gasteiger partial charge >= 0.3 is 5.97 Å². The molecule has 0 aliphatic carbocycles. The van der Waals surface area contributed by atoms with Crippen molar-refractivity contribution in [2.75, 3.05) is 21.3 Å². The fraction of sp³-hybridized carbons (Fsp3) is 0.240. The first-order chi connectivity index (χ1) is 15.5. The van der Waals surface area contributed by atoms with Crippen LogP contribution in [0.3, 0.4) is 0 Å². The number of ether oxygens (including phenoxy) is 3.